The van der Waals surface area contributed by atoms with Crippen LogP contribution in [0, 0.1) is 0 Å². The highest BCUT2D eigenvalue weighted by Crippen LogP contribution is 2.26. The predicted octanol–water partition coefficient (Wildman–Crippen LogP) is 2.72. The first-order chi connectivity index (χ1) is 12.1. The van der Waals surface area contributed by atoms with E-state index in [-0.39, 0.29) is 11.8 Å². The summed E-state index contributed by atoms with van der Waals surface area (Å²) in [7, 11) is 0. The second kappa shape index (κ2) is 6.64. The van der Waals surface area contributed by atoms with Crippen molar-refractivity contribution in [2.24, 2.45) is 0 Å². The van der Waals surface area contributed by atoms with Gasteiger partial charge in [0, 0.05) is 44.2 Å². The molecule has 0 spiro atoms. The third kappa shape index (κ3) is 3.21. The van der Waals surface area contributed by atoms with Gasteiger partial charge in [-0.1, -0.05) is 43.3 Å². The Kier molecular flexibility index (Phi) is 4.34. The topological polar surface area (TPSA) is 49.6 Å². The Labute approximate surface area is 148 Å². The van der Waals surface area contributed by atoms with Crippen LogP contribution in [0.15, 0.2) is 34.9 Å². The second-order valence-electron chi connectivity index (χ2n) is 7.43. The molecule has 0 N–H and O–H groups in total. The standard InChI is InChI=1S/C20H25N3O2/c1-14(2)19-13-18(21-25-19)20(24)23-9-7-22(8-10-23)17-11-15-5-3-4-6-16(15)12-17/h3-6,13-14,17H,7-12H2,1-2H3. The third-order valence-electron chi connectivity index (χ3n) is 5.46. The average molecular weight is 339 g/mol. The molecular weight excluding hydrogens is 314 g/mol. The maximum atomic E-state index is 12.6. The van der Waals surface area contributed by atoms with Gasteiger partial charge in [-0.15, -0.1) is 0 Å². The largest absolute Gasteiger partial charge is 0.360 e. The number of carbonyl (C=O) groups excluding carboxylic acids is 1. The van der Waals surface area contributed by atoms with E-state index < -0.39 is 0 Å². The second-order valence-corrected chi connectivity index (χ2v) is 7.43. The monoisotopic (exact) mass is 339 g/mol. The Balaban J connectivity index is 1.35. The van der Waals surface area contributed by atoms with Crippen molar-refractivity contribution in [3.05, 3.63) is 52.9 Å². The van der Waals surface area contributed by atoms with Crippen LogP contribution in [-0.2, 0) is 12.8 Å². The first-order valence-electron chi connectivity index (χ1n) is 9.18. The fourth-order valence-corrected chi connectivity index (χ4v) is 3.91. The summed E-state index contributed by atoms with van der Waals surface area (Å²) >= 11 is 0. The molecular formula is C20H25N3O2. The fourth-order valence-electron chi connectivity index (χ4n) is 3.91. The molecule has 0 atom stereocenters. The maximum absolute atomic E-state index is 12.6. The van der Waals surface area contributed by atoms with E-state index in [0.717, 1.165) is 44.8 Å². The molecule has 2 heterocycles. The number of nitrogens with zero attached hydrogens (tertiary/aromatic N) is 3. The van der Waals surface area contributed by atoms with Gasteiger partial charge in [0.1, 0.15) is 5.76 Å². The molecule has 0 unspecified atom stereocenters. The lowest BCUT2D eigenvalue weighted by molar-refractivity contribution is 0.0566. The van der Waals surface area contributed by atoms with Crippen LogP contribution < -0.4 is 0 Å². The summed E-state index contributed by atoms with van der Waals surface area (Å²) < 4.78 is 5.27. The number of piperazine rings is 1. The van der Waals surface area contributed by atoms with Crippen molar-refractivity contribution in [1.29, 1.82) is 0 Å². The highest BCUT2D eigenvalue weighted by atomic mass is 16.5. The quantitative estimate of drug-likeness (QED) is 0.863. The maximum Gasteiger partial charge on any atom is 0.276 e. The van der Waals surface area contributed by atoms with Gasteiger partial charge < -0.3 is 9.42 Å². The molecule has 5 nitrogen and oxygen atoms in total. The van der Waals surface area contributed by atoms with Crippen molar-refractivity contribution < 1.29 is 9.32 Å². The SMILES string of the molecule is CC(C)c1cc(C(=O)N2CCN(C3Cc4ccccc4C3)CC2)no1. The van der Waals surface area contributed by atoms with Crippen LogP contribution in [0.3, 0.4) is 0 Å². The normalized spacial score (nSPS) is 18.8. The molecule has 25 heavy (non-hydrogen) atoms. The number of aromatic nitrogens is 1. The summed E-state index contributed by atoms with van der Waals surface area (Å²) in [6.45, 7) is 7.45. The molecule has 132 valence electrons. The Morgan fingerprint density at radius 1 is 1.12 bits per heavy atom. The first kappa shape index (κ1) is 16.3. The van der Waals surface area contributed by atoms with Crippen molar-refractivity contribution in [3.8, 4) is 0 Å². The molecule has 0 radical (unpaired) electrons. The van der Waals surface area contributed by atoms with Crippen LogP contribution in [0.4, 0.5) is 0 Å². The van der Waals surface area contributed by atoms with Crippen LogP contribution >= 0.6 is 0 Å². The highest BCUT2D eigenvalue weighted by molar-refractivity contribution is 5.92. The smallest absolute Gasteiger partial charge is 0.276 e. The molecule has 1 aliphatic carbocycles. The lowest BCUT2D eigenvalue weighted by Crippen LogP contribution is -2.52. The zero-order valence-corrected chi connectivity index (χ0v) is 14.9. The third-order valence-corrected chi connectivity index (χ3v) is 5.46. The molecule has 1 saturated heterocycles. The van der Waals surface area contributed by atoms with E-state index in [1.54, 1.807) is 6.07 Å². The van der Waals surface area contributed by atoms with E-state index in [1.165, 1.54) is 11.1 Å². The number of amides is 1. The molecule has 1 aromatic heterocycles. The van der Waals surface area contributed by atoms with Crippen molar-refractivity contribution in [2.75, 3.05) is 26.2 Å². The number of benzene rings is 1. The van der Waals surface area contributed by atoms with Gasteiger partial charge in [-0.2, -0.15) is 0 Å². The minimum Gasteiger partial charge on any atom is -0.360 e. The van der Waals surface area contributed by atoms with Crippen LogP contribution in [0.2, 0.25) is 0 Å². The van der Waals surface area contributed by atoms with Gasteiger partial charge in [-0.3, -0.25) is 9.69 Å². The van der Waals surface area contributed by atoms with Crippen molar-refractivity contribution in [1.82, 2.24) is 15.0 Å². The van der Waals surface area contributed by atoms with Gasteiger partial charge in [-0.25, -0.2) is 0 Å². The van der Waals surface area contributed by atoms with Crippen LogP contribution in [0.5, 0.6) is 0 Å². The number of fused-ring (bicyclic) bond motifs is 1. The Hall–Kier alpha value is -2.14. The van der Waals surface area contributed by atoms with Gasteiger partial charge in [-0.05, 0) is 24.0 Å². The zero-order valence-electron chi connectivity index (χ0n) is 14.9. The van der Waals surface area contributed by atoms with Crippen LogP contribution in [-0.4, -0.2) is 53.1 Å². The van der Waals surface area contributed by atoms with E-state index in [1.807, 2.05) is 18.7 Å². The number of hydrogen-bond acceptors (Lipinski definition) is 4. The van der Waals surface area contributed by atoms with Crippen molar-refractivity contribution >= 4 is 5.91 Å². The Morgan fingerprint density at radius 2 is 1.76 bits per heavy atom. The van der Waals surface area contributed by atoms with E-state index in [0.29, 0.717) is 11.7 Å². The van der Waals surface area contributed by atoms with Crippen molar-refractivity contribution in [3.63, 3.8) is 0 Å². The van der Waals surface area contributed by atoms with Gasteiger partial charge in [0.25, 0.3) is 5.91 Å². The lowest BCUT2D eigenvalue weighted by Gasteiger charge is -2.37. The molecule has 1 fully saturated rings. The van der Waals surface area contributed by atoms with Gasteiger partial charge in [0.15, 0.2) is 5.69 Å². The van der Waals surface area contributed by atoms with E-state index in [9.17, 15) is 4.79 Å². The minimum atomic E-state index is -0.00925. The van der Waals surface area contributed by atoms with Gasteiger partial charge in [0.2, 0.25) is 0 Å². The number of rotatable bonds is 3. The number of carbonyl (C=O) groups is 1. The summed E-state index contributed by atoms with van der Waals surface area (Å²) in [6, 6.07) is 11.1. The molecule has 0 saturated carbocycles. The summed E-state index contributed by atoms with van der Waals surface area (Å²) in [5.74, 6) is 1.01. The molecule has 2 aromatic rings. The van der Waals surface area contributed by atoms with E-state index >= 15 is 0 Å². The Bertz CT molecular complexity index is 735. The van der Waals surface area contributed by atoms with Gasteiger partial charge in [0.05, 0.1) is 0 Å². The molecule has 4 rings (SSSR count). The lowest BCUT2D eigenvalue weighted by atomic mass is 10.1. The molecule has 2 aliphatic rings. The minimum absolute atomic E-state index is 0.00925. The Morgan fingerprint density at radius 3 is 2.32 bits per heavy atom. The highest BCUT2D eigenvalue weighted by Gasteiger charge is 2.31. The van der Waals surface area contributed by atoms with Crippen LogP contribution in [0.25, 0.3) is 0 Å². The summed E-state index contributed by atoms with van der Waals surface area (Å²) in [5, 5.41) is 3.96. The zero-order chi connectivity index (χ0) is 17.4. The van der Waals surface area contributed by atoms with Gasteiger partial charge >= 0.3 is 0 Å². The molecule has 1 aromatic carbocycles. The first-order valence-corrected chi connectivity index (χ1v) is 9.18. The predicted molar refractivity (Wildman–Crippen MR) is 95.7 cm³/mol. The molecule has 1 amide bonds. The molecule has 0 bridgehead atoms. The fraction of sp³-hybridized carbons (Fsp3) is 0.500. The summed E-state index contributed by atoms with van der Waals surface area (Å²) in [4.78, 5) is 17.1. The summed E-state index contributed by atoms with van der Waals surface area (Å²) in [5.41, 5.74) is 3.40. The number of hydrogen-bond donors (Lipinski definition) is 0. The summed E-state index contributed by atoms with van der Waals surface area (Å²) in [6.07, 6.45) is 2.26. The molecule has 5 heteroatoms. The van der Waals surface area contributed by atoms with Crippen LogP contribution in [0.1, 0.15) is 47.1 Å². The van der Waals surface area contributed by atoms with Crippen molar-refractivity contribution in [2.45, 2.75) is 38.6 Å². The average Bonchev–Trinajstić information content (AvgIpc) is 3.28. The van der Waals surface area contributed by atoms with E-state index in [2.05, 4.69) is 34.3 Å². The van der Waals surface area contributed by atoms with E-state index in [4.69, 9.17) is 4.52 Å². The molecule has 1 aliphatic heterocycles.